The van der Waals surface area contributed by atoms with Gasteiger partial charge in [-0.05, 0) is 0 Å². The van der Waals surface area contributed by atoms with Gasteiger partial charge in [-0.1, -0.05) is 0 Å². The summed E-state index contributed by atoms with van der Waals surface area (Å²) in [6.07, 6.45) is 1.23. The molecule has 1 heteroatoms. The second kappa shape index (κ2) is 3.48. The number of rotatable bonds is 0. The van der Waals surface area contributed by atoms with Crippen molar-refractivity contribution in [1.29, 1.82) is 0 Å². The van der Waals surface area contributed by atoms with Crippen LogP contribution in [0.2, 0.25) is 5.32 Å². The van der Waals surface area contributed by atoms with E-state index in [1.54, 1.807) is 0 Å². The molecule has 0 saturated heterocycles. The predicted molar refractivity (Wildman–Crippen MR) is 50.5 cm³/mol. The normalized spacial score (nSPS) is 17.2. The molecule has 0 nitrogen and oxygen atoms in total. The molecule has 0 spiro atoms. The fourth-order valence-electron chi connectivity index (χ4n) is 0.747. The fourth-order valence-corrected chi connectivity index (χ4v) is 2.50. The summed E-state index contributed by atoms with van der Waals surface area (Å²) in [6, 6.07) is 0. The number of hydrogen-bond donors (Lipinski definition) is 0. The zero-order valence-electron chi connectivity index (χ0n) is 7.40. The third kappa shape index (κ3) is 3.65. The summed E-state index contributed by atoms with van der Waals surface area (Å²) in [4.78, 5) is 2.33. The summed E-state index contributed by atoms with van der Waals surface area (Å²) >= 11 is 0.752. The maximum atomic E-state index is 3.26. The SMILES string of the molecule is CC(C)(C)C#CC1=C[Se]CC1. The van der Waals surface area contributed by atoms with Crippen LogP contribution < -0.4 is 0 Å². The molecule has 0 fully saturated rings. The van der Waals surface area contributed by atoms with Gasteiger partial charge in [0.1, 0.15) is 0 Å². The first-order valence-corrected chi connectivity index (χ1v) is 6.12. The standard InChI is InChI=1S/C10H14Se/c1-10(2,3)6-4-9-5-7-11-8-9/h8H,5,7H2,1-3H3. The van der Waals surface area contributed by atoms with Gasteiger partial charge in [-0.25, -0.2) is 0 Å². The Balaban J connectivity index is 2.56. The van der Waals surface area contributed by atoms with Gasteiger partial charge in [-0.3, -0.25) is 0 Å². The molecule has 1 rings (SSSR count). The Hall–Kier alpha value is -0.181. The molecule has 11 heavy (non-hydrogen) atoms. The third-order valence-corrected chi connectivity index (χ3v) is 3.18. The molecule has 0 saturated carbocycles. The van der Waals surface area contributed by atoms with Crippen molar-refractivity contribution in [3.05, 3.63) is 10.5 Å². The van der Waals surface area contributed by atoms with Crippen molar-refractivity contribution in [2.75, 3.05) is 0 Å². The quantitative estimate of drug-likeness (QED) is 0.428. The van der Waals surface area contributed by atoms with Crippen LogP contribution in [-0.2, 0) is 0 Å². The second-order valence-electron chi connectivity index (χ2n) is 3.76. The van der Waals surface area contributed by atoms with Gasteiger partial charge in [-0.15, -0.1) is 0 Å². The van der Waals surface area contributed by atoms with E-state index in [0.29, 0.717) is 0 Å². The van der Waals surface area contributed by atoms with E-state index in [4.69, 9.17) is 0 Å². The van der Waals surface area contributed by atoms with Gasteiger partial charge in [0, 0.05) is 0 Å². The van der Waals surface area contributed by atoms with Crippen LogP contribution in [0.4, 0.5) is 0 Å². The van der Waals surface area contributed by atoms with Crippen molar-refractivity contribution in [3.63, 3.8) is 0 Å². The van der Waals surface area contributed by atoms with E-state index in [9.17, 15) is 0 Å². The minimum atomic E-state index is 0.163. The van der Waals surface area contributed by atoms with E-state index in [1.165, 1.54) is 17.3 Å². The fraction of sp³-hybridized carbons (Fsp3) is 0.600. The molecule has 0 aromatic carbocycles. The average molecular weight is 213 g/mol. The Labute approximate surface area is 75.6 Å². The Morgan fingerprint density at radius 1 is 1.45 bits per heavy atom. The van der Waals surface area contributed by atoms with Crippen LogP contribution >= 0.6 is 0 Å². The molecule has 0 atom stereocenters. The van der Waals surface area contributed by atoms with Crippen LogP contribution in [0.5, 0.6) is 0 Å². The van der Waals surface area contributed by atoms with E-state index in [2.05, 4.69) is 37.6 Å². The zero-order valence-corrected chi connectivity index (χ0v) is 9.11. The van der Waals surface area contributed by atoms with Gasteiger partial charge in [-0.2, -0.15) is 0 Å². The van der Waals surface area contributed by atoms with Crippen molar-refractivity contribution in [2.45, 2.75) is 32.5 Å². The first-order chi connectivity index (χ1) is 5.08. The van der Waals surface area contributed by atoms with Crippen LogP contribution in [0.3, 0.4) is 0 Å². The van der Waals surface area contributed by atoms with Crippen LogP contribution in [0.15, 0.2) is 10.5 Å². The second-order valence-corrected chi connectivity index (χ2v) is 5.81. The molecule has 0 aromatic heterocycles. The topological polar surface area (TPSA) is 0 Å². The number of hydrogen-bond acceptors (Lipinski definition) is 0. The van der Waals surface area contributed by atoms with E-state index < -0.39 is 0 Å². The van der Waals surface area contributed by atoms with Gasteiger partial charge >= 0.3 is 75.3 Å². The van der Waals surface area contributed by atoms with Crippen molar-refractivity contribution in [3.8, 4) is 11.8 Å². The van der Waals surface area contributed by atoms with Crippen LogP contribution in [0.25, 0.3) is 0 Å². The first kappa shape index (κ1) is 8.91. The molecule has 0 amide bonds. The van der Waals surface area contributed by atoms with Gasteiger partial charge in [0.25, 0.3) is 0 Å². The monoisotopic (exact) mass is 214 g/mol. The van der Waals surface area contributed by atoms with Crippen molar-refractivity contribution in [2.24, 2.45) is 5.41 Å². The maximum absolute atomic E-state index is 3.26. The van der Waals surface area contributed by atoms with E-state index >= 15 is 0 Å². The molecule has 60 valence electrons. The third-order valence-electron chi connectivity index (χ3n) is 1.31. The summed E-state index contributed by atoms with van der Waals surface area (Å²) in [5.41, 5.74) is 1.54. The number of allylic oxidation sites excluding steroid dienone is 1. The Morgan fingerprint density at radius 3 is 2.64 bits per heavy atom. The minimum absolute atomic E-state index is 0.163. The molecule has 0 N–H and O–H groups in total. The van der Waals surface area contributed by atoms with Crippen molar-refractivity contribution in [1.82, 2.24) is 0 Å². The van der Waals surface area contributed by atoms with Gasteiger partial charge in [0.05, 0.1) is 0 Å². The molecule has 0 unspecified atom stereocenters. The summed E-state index contributed by atoms with van der Waals surface area (Å²) < 4.78 is 0. The Morgan fingerprint density at radius 2 is 2.18 bits per heavy atom. The summed E-state index contributed by atoms with van der Waals surface area (Å²) in [7, 11) is 0. The summed E-state index contributed by atoms with van der Waals surface area (Å²) in [6.45, 7) is 6.46. The molecule has 0 aliphatic carbocycles. The summed E-state index contributed by atoms with van der Waals surface area (Å²) in [5, 5.41) is 1.36. The molecular weight excluding hydrogens is 199 g/mol. The van der Waals surface area contributed by atoms with Crippen LogP contribution in [0.1, 0.15) is 27.2 Å². The first-order valence-electron chi connectivity index (χ1n) is 3.92. The molecule has 1 aliphatic heterocycles. The molecule has 1 aliphatic rings. The van der Waals surface area contributed by atoms with E-state index in [1.807, 2.05) is 0 Å². The molecule has 0 radical (unpaired) electrons. The van der Waals surface area contributed by atoms with Crippen molar-refractivity contribution >= 4 is 15.0 Å². The van der Waals surface area contributed by atoms with E-state index in [0.717, 1.165) is 15.0 Å². The zero-order chi connectivity index (χ0) is 8.32. The Kier molecular flexibility index (Phi) is 2.82. The van der Waals surface area contributed by atoms with Gasteiger partial charge in [0.2, 0.25) is 0 Å². The van der Waals surface area contributed by atoms with Gasteiger partial charge < -0.3 is 0 Å². The van der Waals surface area contributed by atoms with Crippen LogP contribution in [-0.4, -0.2) is 15.0 Å². The molecular formula is C10H14Se. The average Bonchev–Trinajstić information content (AvgIpc) is 2.32. The van der Waals surface area contributed by atoms with Crippen molar-refractivity contribution < 1.29 is 0 Å². The van der Waals surface area contributed by atoms with Crippen LogP contribution in [0, 0.1) is 17.3 Å². The van der Waals surface area contributed by atoms with Gasteiger partial charge in [0.15, 0.2) is 0 Å². The molecule has 0 aromatic rings. The summed E-state index contributed by atoms with van der Waals surface area (Å²) in [5.74, 6) is 6.50. The molecule has 1 heterocycles. The predicted octanol–water partition coefficient (Wildman–Crippen LogP) is 2.45. The Bertz CT molecular complexity index is 219. The van der Waals surface area contributed by atoms with E-state index in [-0.39, 0.29) is 5.41 Å². The molecule has 0 bridgehead atoms.